The predicted molar refractivity (Wildman–Crippen MR) is 117 cm³/mol. The Morgan fingerprint density at radius 3 is 2.33 bits per heavy atom. The molecule has 2 N–H and O–H groups in total. The second-order valence-electron chi connectivity index (χ2n) is 7.74. The number of ether oxygens (including phenoxy) is 4. The van der Waals surface area contributed by atoms with E-state index in [0.717, 1.165) is 70.6 Å². The first-order valence-electron chi connectivity index (χ1n) is 10.7. The minimum atomic E-state index is -0.199. The van der Waals surface area contributed by atoms with Crippen molar-refractivity contribution in [1.82, 2.24) is 15.5 Å². The van der Waals surface area contributed by atoms with Crippen LogP contribution in [0.5, 0.6) is 5.75 Å². The van der Waals surface area contributed by atoms with Gasteiger partial charge in [0, 0.05) is 66.4 Å². The largest absolute Gasteiger partial charge is 0.497 e. The molecule has 168 valence electrons. The fraction of sp³-hybridized carbons (Fsp3) is 0.682. The summed E-state index contributed by atoms with van der Waals surface area (Å²) in [5, 5.41) is 6.97. The zero-order valence-electron chi connectivity index (χ0n) is 18.5. The van der Waals surface area contributed by atoms with E-state index in [4.69, 9.17) is 18.9 Å². The van der Waals surface area contributed by atoms with Crippen molar-refractivity contribution in [2.45, 2.75) is 24.5 Å². The van der Waals surface area contributed by atoms with E-state index in [2.05, 4.69) is 32.7 Å². The van der Waals surface area contributed by atoms with Crippen molar-refractivity contribution in [3.63, 3.8) is 0 Å². The van der Waals surface area contributed by atoms with E-state index >= 15 is 0 Å². The third kappa shape index (κ3) is 6.07. The highest BCUT2D eigenvalue weighted by Crippen LogP contribution is 2.25. The van der Waals surface area contributed by atoms with Gasteiger partial charge in [-0.3, -0.25) is 9.89 Å². The Bertz CT molecular complexity index is 656. The molecule has 2 aliphatic heterocycles. The minimum absolute atomic E-state index is 0.199. The summed E-state index contributed by atoms with van der Waals surface area (Å²) in [7, 11) is 5.27. The predicted octanol–water partition coefficient (Wildman–Crippen LogP) is 1.43. The van der Waals surface area contributed by atoms with Crippen molar-refractivity contribution in [1.29, 1.82) is 0 Å². The van der Waals surface area contributed by atoms with Crippen LogP contribution in [0.3, 0.4) is 0 Å². The number of nitrogens with zero attached hydrogens (tertiary/aromatic N) is 2. The number of benzene rings is 1. The lowest BCUT2D eigenvalue weighted by Crippen LogP contribution is -2.52. The summed E-state index contributed by atoms with van der Waals surface area (Å²) < 4.78 is 22.2. The van der Waals surface area contributed by atoms with Gasteiger partial charge >= 0.3 is 0 Å². The highest BCUT2D eigenvalue weighted by atomic mass is 16.5. The van der Waals surface area contributed by atoms with E-state index in [9.17, 15) is 0 Å². The standard InChI is InChI=1S/C22H36N4O4/c1-23-21(25-17-22(28-3)8-12-29-13-9-22)24-16-20(26-10-14-30-15-11-26)18-4-6-19(27-2)7-5-18/h4-7,20H,8-17H2,1-3H3,(H2,23,24,25). The average Bonchev–Trinajstić information content (AvgIpc) is 2.83. The number of guanidine groups is 1. The van der Waals surface area contributed by atoms with Crippen LogP contribution in [0, 0.1) is 0 Å². The Hall–Kier alpha value is -1.87. The number of hydrogen-bond acceptors (Lipinski definition) is 6. The fourth-order valence-electron chi connectivity index (χ4n) is 4.03. The van der Waals surface area contributed by atoms with Gasteiger partial charge in [-0.2, -0.15) is 0 Å². The number of methoxy groups -OCH3 is 2. The molecule has 2 aliphatic rings. The Labute approximate surface area is 179 Å². The first-order chi connectivity index (χ1) is 14.7. The fourth-order valence-corrected chi connectivity index (χ4v) is 4.03. The number of morpholine rings is 1. The second-order valence-corrected chi connectivity index (χ2v) is 7.74. The smallest absolute Gasteiger partial charge is 0.191 e. The average molecular weight is 421 g/mol. The molecule has 0 aromatic heterocycles. The van der Waals surface area contributed by atoms with E-state index < -0.39 is 0 Å². The van der Waals surface area contributed by atoms with Crippen LogP contribution in [-0.2, 0) is 14.2 Å². The van der Waals surface area contributed by atoms with Crippen molar-refractivity contribution < 1.29 is 18.9 Å². The lowest BCUT2D eigenvalue weighted by atomic mass is 9.94. The molecule has 0 bridgehead atoms. The van der Waals surface area contributed by atoms with E-state index in [1.54, 1.807) is 21.3 Å². The Morgan fingerprint density at radius 2 is 1.73 bits per heavy atom. The van der Waals surface area contributed by atoms with Gasteiger partial charge in [0.25, 0.3) is 0 Å². The minimum Gasteiger partial charge on any atom is -0.497 e. The maximum atomic E-state index is 5.83. The molecule has 8 heteroatoms. The topological polar surface area (TPSA) is 76.6 Å². The number of hydrogen-bond donors (Lipinski definition) is 2. The molecule has 1 atom stereocenters. The van der Waals surface area contributed by atoms with Gasteiger partial charge in [0.15, 0.2) is 5.96 Å². The number of nitrogens with one attached hydrogen (secondary N) is 2. The van der Waals surface area contributed by atoms with Gasteiger partial charge < -0.3 is 29.6 Å². The maximum Gasteiger partial charge on any atom is 0.191 e. The molecule has 8 nitrogen and oxygen atoms in total. The molecule has 0 aliphatic carbocycles. The van der Waals surface area contributed by atoms with Gasteiger partial charge in [0.1, 0.15) is 5.75 Å². The zero-order chi connectivity index (χ0) is 21.2. The van der Waals surface area contributed by atoms with Gasteiger partial charge in [0.2, 0.25) is 0 Å². The lowest BCUT2D eigenvalue weighted by Gasteiger charge is -2.37. The first-order valence-corrected chi connectivity index (χ1v) is 10.7. The molecule has 2 fully saturated rings. The molecule has 0 radical (unpaired) electrons. The molecule has 3 rings (SSSR count). The van der Waals surface area contributed by atoms with Gasteiger partial charge in [-0.05, 0) is 17.7 Å². The SMILES string of the molecule is CN=C(NCC(c1ccc(OC)cc1)N1CCOCC1)NCC1(OC)CCOCC1. The van der Waals surface area contributed by atoms with Crippen LogP contribution in [0.1, 0.15) is 24.4 Å². The van der Waals surface area contributed by atoms with Crippen molar-refractivity contribution in [3.05, 3.63) is 29.8 Å². The number of rotatable bonds is 8. The normalized spacial score (nSPS) is 21.1. The van der Waals surface area contributed by atoms with Gasteiger partial charge in [0.05, 0.1) is 32.0 Å². The Morgan fingerprint density at radius 1 is 1.07 bits per heavy atom. The van der Waals surface area contributed by atoms with Crippen LogP contribution in [0.25, 0.3) is 0 Å². The lowest BCUT2D eigenvalue weighted by molar-refractivity contribution is -0.0855. The zero-order valence-corrected chi connectivity index (χ0v) is 18.5. The van der Waals surface area contributed by atoms with Crippen molar-refractivity contribution in [3.8, 4) is 5.75 Å². The number of aliphatic imine (C=N–C) groups is 1. The van der Waals surface area contributed by atoms with Gasteiger partial charge in [-0.1, -0.05) is 12.1 Å². The van der Waals surface area contributed by atoms with E-state index in [0.29, 0.717) is 6.54 Å². The Balaban J connectivity index is 1.62. The highest BCUT2D eigenvalue weighted by Gasteiger charge is 2.32. The molecule has 1 aromatic carbocycles. The molecule has 1 aromatic rings. The molecular formula is C22H36N4O4. The monoisotopic (exact) mass is 420 g/mol. The van der Waals surface area contributed by atoms with Crippen LogP contribution in [-0.4, -0.2) is 90.3 Å². The third-order valence-electron chi connectivity index (χ3n) is 6.09. The van der Waals surface area contributed by atoms with E-state index in [1.807, 2.05) is 12.1 Å². The molecular weight excluding hydrogens is 384 g/mol. The first kappa shape index (κ1) is 22.8. The van der Waals surface area contributed by atoms with Crippen molar-refractivity contribution in [2.75, 3.05) is 73.9 Å². The van der Waals surface area contributed by atoms with Crippen molar-refractivity contribution in [2.24, 2.45) is 4.99 Å². The van der Waals surface area contributed by atoms with Crippen LogP contribution >= 0.6 is 0 Å². The Kier molecular flexibility index (Phi) is 8.74. The molecule has 2 saturated heterocycles. The molecule has 0 amide bonds. The second kappa shape index (κ2) is 11.5. The van der Waals surface area contributed by atoms with Crippen LogP contribution in [0.2, 0.25) is 0 Å². The molecule has 0 saturated carbocycles. The van der Waals surface area contributed by atoms with Crippen LogP contribution < -0.4 is 15.4 Å². The maximum absolute atomic E-state index is 5.83. The third-order valence-corrected chi connectivity index (χ3v) is 6.09. The summed E-state index contributed by atoms with van der Waals surface area (Å²) in [6.45, 7) is 6.27. The summed E-state index contributed by atoms with van der Waals surface area (Å²) in [6, 6.07) is 8.53. The summed E-state index contributed by atoms with van der Waals surface area (Å²) in [5.74, 6) is 1.65. The molecule has 30 heavy (non-hydrogen) atoms. The van der Waals surface area contributed by atoms with Gasteiger partial charge in [-0.15, -0.1) is 0 Å². The molecule has 0 spiro atoms. The van der Waals surface area contributed by atoms with E-state index in [1.165, 1.54) is 5.56 Å². The summed E-state index contributed by atoms with van der Waals surface area (Å²) >= 11 is 0. The summed E-state index contributed by atoms with van der Waals surface area (Å²) in [5.41, 5.74) is 1.05. The summed E-state index contributed by atoms with van der Waals surface area (Å²) in [4.78, 5) is 6.88. The van der Waals surface area contributed by atoms with Gasteiger partial charge in [-0.25, -0.2) is 0 Å². The highest BCUT2D eigenvalue weighted by molar-refractivity contribution is 5.79. The molecule has 2 heterocycles. The van der Waals surface area contributed by atoms with E-state index in [-0.39, 0.29) is 11.6 Å². The van der Waals surface area contributed by atoms with Crippen molar-refractivity contribution >= 4 is 5.96 Å². The summed E-state index contributed by atoms with van der Waals surface area (Å²) in [6.07, 6.45) is 1.77. The van der Waals surface area contributed by atoms with Crippen LogP contribution in [0.4, 0.5) is 0 Å². The quantitative estimate of drug-likeness (QED) is 0.487. The molecule has 1 unspecified atom stereocenters. The van der Waals surface area contributed by atoms with Crippen LogP contribution in [0.15, 0.2) is 29.3 Å².